The fourth-order valence-electron chi connectivity index (χ4n) is 2.25. The second kappa shape index (κ2) is 5.69. The van der Waals surface area contributed by atoms with Gasteiger partial charge in [-0.2, -0.15) is 5.10 Å². The third-order valence-electron chi connectivity index (χ3n) is 3.21. The van der Waals surface area contributed by atoms with Gasteiger partial charge in [0.2, 0.25) is 0 Å². The van der Waals surface area contributed by atoms with E-state index in [2.05, 4.69) is 18.1 Å². The molecule has 0 saturated heterocycles. The SMILES string of the molecule is CCn1nccc1C1=CCN(C(=O)OC(C)(C)C)CC1. The van der Waals surface area contributed by atoms with Crippen LogP contribution in [0.15, 0.2) is 18.3 Å². The largest absolute Gasteiger partial charge is 0.444 e. The Morgan fingerprint density at radius 3 is 2.75 bits per heavy atom. The number of carbonyl (C=O) groups excluding carboxylic acids is 1. The monoisotopic (exact) mass is 277 g/mol. The number of rotatable bonds is 2. The summed E-state index contributed by atoms with van der Waals surface area (Å²) < 4.78 is 7.37. The van der Waals surface area contributed by atoms with Crippen LogP contribution in [0.2, 0.25) is 0 Å². The van der Waals surface area contributed by atoms with Crippen molar-refractivity contribution in [2.75, 3.05) is 13.1 Å². The van der Waals surface area contributed by atoms with Gasteiger partial charge < -0.3 is 9.64 Å². The number of hydrogen-bond donors (Lipinski definition) is 0. The summed E-state index contributed by atoms with van der Waals surface area (Å²) in [4.78, 5) is 13.7. The van der Waals surface area contributed by atoms with Crippen molar-refractivity contribution < 1.29 is 9.53 Å². The van der Waals surface area contributed by atoms with Crippen molar-refractivity contribution in [3.8, 4) is 0 Å². The van der Waals surface area contributed by atoms with E-state index in [1.807, 2.05) is 37.7 Å². The molecule has 1 aromatic rings. The molecule has 1 amide bonds. The average Bonchev–Trinajstić information content (AvgIpc) is 2.85. The molecule has 0 atom stereocenters. The van der Waals surface area contributed by atoms with Gasteiger partial charge in [0.15, 0.2) is 0 Å². The molecule has 5 heteroatoms. The minimum absolute atomic E-state index is 0.239. The normalized spacial score (nSPS) is 16.0. The maximum absolute atomic E-state index is 12.0. The number of hydrogen-bond acceptors (Lipinski definition) is 3. The van der Waals surface area contributed by atoms with E-state index in [0.717, 1.165) is 18.7 Å². The van der Waals surface area contributed by atoms with Gasteiger partial charge in [-0.15, -0.1) is 0 Å². The molecule has 2 rings (SSSR count). The number of ether oxygens (including phenoxy) is 1. The second-order valence-electron chi connectivity index (χ2n) is 5.94. The molecule has 5 nitrogen and oxygen atoms in total. The van der Waals surface area contributed by atoms with E-state index in [0.29, 0.717) is 13.1 Å². The lowest BCUT2D eigenvalue weighted by Crippen LogP contribution is -2.39. The second-order valence-corrected chi connectivity index (χ2v) is 5.94. The smallest absolute Gasteiger partial charge is 0.410 e. The first kappa shape index (κ1) is 14.6. The van der Waals surface area contributed by atoms with Gasteiger partial charge in [0.25, 0.3) is 0 Å². The highest BCUT2D eigenvalue weighted by Crippen LogP contribution is 2.23. The van der Waals surface area contributed by atoms with Crippen LogP contribution < -0.4 is 0 Å². The van der Waals surface area contributed by atoms with Gasteiger partial charge in [-0.3, -0.25) is 4.68 Å². The molecule has 1 aliphatic rings. The van der Waals surface area contributed by atoms with Gasteiger partial charge in [0.05, 0.1) is 5.69 Å². The molecule has 2 heterocycles. The van der Waals surface area contributed by atoms with Crippen LogP contribution in [0.25, 0.3) is 5.57 Å². The van der Waals surface area contributed by atoms with Crippen LogP contribution in [0.5, 0.6) is 0 Å². The molecule has 0 fully saturated rings. The highest BCUT2D eigenvalue weighted by atomic mass is 16.6. The van der Waals surface area contributed by atoms with E-state index in [4.69, 9.17) is 4.74 Å². The summed E-state index contributed by atoms with van der Waals surface area (Å²) in [5, 5.41) is 4.28. The fraction of sp³-hybridized carbons (Fsp3) is 0.600. The zero-order chi connectivity index (χ0) is 14.8. The summed E-state index contributed by atoms with van der Waals surface area (Å²) in [6.07, 6.45) is 4.51. The van der Waals surface area contributed by atoms with Gasteiger partial charge in [-0.05, 0) is 45.8 Å². The summed E-state index contributed by atoms with van der Waals surface area (Å²) in [6.45, 7) is 9.87. The molecule has 0 unspecified atom stereocenters. The molecule has 0 N–H and O–H groups in total. The van der Waals surface area contributed by atoms with Crippen molar-refractivity contribution in [3.05, 3.63) is 24.0 Å². The van der Waals surface area contributed by atoms with Crippen LogP contribution in [-0.4, -0.2) is 39.5 Å². The van der Waals surface area contributed by atoms with Crippen molar-refractivity contribution in [1.29, 1.82) is 0 Å². The van der Waals surface area contributed by atoms with E-state index >= 15 is 0 Å². The highest BCUT2D eigenvalue weighted by molar-refractivity contribution is 5.71. The van der Waals surface area contributed by atoms with Gasteiger partial charge in [0.1, 0.15) is 5.60 Å². The Labute approximate surface area is 120 Å². The first-order valence-corrected chi connectivity index (χ1v) is 7.10. The number of nitrogens with zero attached hydrogens (tertiary/aromatic N) is 3. The van der Waals surface area contributed by atoms with Gasteiger partial charge in [-0.25, -0.2) is 4.79 Å². The molecule has 0 spiro atoms. The Bertz CT molecular complexity index is 511. The molecule has 1 aromatic heterocycles. The van der Waals surface area contributed by atoms with E-state index in [1.54, 1.807) is 4.90 Å². The van der Waals surface area contributed by atoms with Gasteiger partial charge >= 0.3 is 6.09 Å². The Balaban J connectivity index is 2.02. The predicted molar refractivity (Wildman–Crippen MR) is 78.3 cm³/mol. The first-order valence-electron chi connectivity index (χ1n) is 7.10. The molecule has 0 aliphatic carbocycles. The number of carbonyl (C=O) groups is 1. The highest BCUT2D eigenvalue weighted by Gasteiger charge is 2.24. The fourth-order valence-corrected chi connectivity index (χ4v) is 2.25. The van der Waals surface area contributed by atoms with Crippen molar-refractivity contribution in [2.24, 2.45) is 0 Å². The Morgan fingerprint density at radius 2 is 2.20 bits per heavy atom. The topological polar surface area (TPSA) is 47.4 Å². The van der Waals surface area contributed by atoms with Crippen molar-refractivity contribution in [3.63, 3.8) is 0 Å². The summed E-state index contributed by atoms with van der Waals surface area (Å²) in [7, 11) is 0. The van der Waals surface area contributed by atoms with Crippen LogP contribution in [0, 0.1) is 0 Å². The summed E-state index contributed by atoms with van der Waals surface area (Å²) in [5.41, 5.74) is 1.96. The molecule has 1 aliphatic heterocycles. The van der Waals surface area contributed by atoms with Crippen LogP contribution in [-0.2, 0) is 11.3 Å². The average molecular weight is 277 g/mol. The molecule has 0 radical (unpaired) electrons. The zero-order valence-electron chi connectivity index (χ0n) is 12.7. The zero-order valence-corrected chi connectivity index (χ0v) is 12.7. The predicted octanol–water partition coefficient (Wildman–Crippen LogP) is 2.93. The van der Waals surface area contributed by atoms with Crippen LogP contribution in [0.1, 0.15) is 39.8 Å². The van der Waals surface area contributed by atoms with Crippen LogP contribution >= 0.6 is 0 Å². The first-order chi connectivity index (χ1) is 9.40. The standard InChI is InChI=1S/C15H23N3O2/c1-5-18-13(6-9-16-18)12-7-10-17(11-8-12)14(19)20-15(2,3)4/h6-7,9H,5,8,10-11H2,1-4H3. The Morgan fingerprint density at radius 1 is 1.45 bits per heavy atom. The molecule has 20 heavy (non-hydrogen) atoms. The minimum Gasteiger partial charge on any atom is -0.444 e. The minimum atomic E-state index is -0.443. The quantitative estimate of drug-likeness (QED) is 0.835. The Kier molecular flexibility index (Phi) is 4.16. The molecule has 110 valence electrons. The summed E-state index contributed by atoms with van der Waals surface area (Å²) >= 11 is 0. The lowest BCUT2D eigenvalue weighted by Gasteiger charge is -2.29. The maximum atomic E-state index is 12.0. The van der Waals surface area contributed by atoms with E-state index in [-0.39, 0.29) is 6.09 Å². The van der Waals surface area contributed by atoms with Crippen molar-refractivity contribution in [2.45, 2.75) is 46.3 Å². The van der Waals surface area contributed by atoms with Gasteiger partial charge in [-0.1, -0.05) is 6.08 Å². The molecule has 0 saturated carbocycles. The lowest BCUT2D eigenvalue weighted by molar-refractivity contribution is 0.0270. The van der Waals surface area contributed by atoms with Crippen LogP contribution in [0.3, 0.4) is 0 Å². The van der Waals surface area contributed by atoms with Crippen molar-refractivity contribution in [1.82, 2.24) is 14.7 Å². The van der Waals surface area contributed by atoms with Crippen LogP contribution in [0.4, 0.5) is 4.79 Å². The molecular formula is C15H23N3O2. The molecule has 0 bridgehead atoms. The third kappa shape index (κ3) is 3.40. The molecule has 0 aromatic carbocycles. The summed E-state index contributed by atoms with van der Waals surface area (Å²) in [6, 6.07) is 2.03. The van der Waals surface area contributed by atoms with E-state index in [9.17, 15) is 4.79 Å². The number of aromatic nitrogens is 2. The Hall–Kier alpha value is -1.78. The maximum Gasteiger partial charge on any atom is 0.410 e. The summed E-state index contributed by atoms with van der Waals surface area (Å²) in [5.74, 6) is 0. The lowest BCUT2D eigenvalue weighted by atomic mass is 10.1. The molecular weight excluding hydrogens is 254 g/mol. The van der Waals surface area contributed by atoms with Crippen molar-refractivity contribution >= 4 is 11.7 Å². The van der Waals surface area contributed by atoms with E-state index < -0.39 is 5.60 Å². The number of amides is 1. The number of aryl methyl sites for hydroxylation is 1. The van der Waals surface area contributed by atoms with Gasteiger partial charge in [0, 0.05) is 25.8 Å². The van der Waals surface area contributed by atoms with E-state index in [1.165, 1.54) is 5.57 Å². The third-order valence-corrected chi connectivity index (χ3v) is 3.21.